The predicted molar refractivity (Wildman–Crippen MR) is 112 cm³/mol. The minimum atomic E-state index is -3.61. The summed E-state index contributed by atoms with van der Waals surface area (Å²) in [6.45, 7) is 7.37. The number of hydrogen-bond donors (Lipinski definition) is 2. The van der Waals surface area contributed by atoms with Crippen LogP contribution in [0.15, 0.2) is 59.5 Å². The molecule has 0 heterocycles. The molecule has 2 rings (SSSR count). The van der Waals surface area contributed by atoms with Gasteiger partial charge in [0.05, 0.1) is 4.90 Å². The molecule has 6 nitrogen and oxygen atoms in total. The van der Waals surface area contributed by atoms with Gasteiger partial charge in [-0.15, -0.1) is 0 Å². The first kappa shape index (κ1) is 22.1. The molecule has 152 valence electrons. The second-order valence-corrected chi connectivity index (χ2v) is 9.54. The second-order valence-electron chi connectivity index (χ2n) is 7.86. The normalized spacial score (nSPS) is 12.2. The third-order valence-electron chi connectivity index (χ3n) is 3.94. The number of amides is 1. The summed E-state index contributed by atoms with van der Waals surface area (Å²) in [5.74, 6) is -0.221. The summed E-state index contributed by atoms with van der Waals surface area (Å²) in [6.07, 6.45) is 0. The van der Waals surface area contributed by atoms with Crippen LogP contribution in [0.3, 0.4) is 0 Å². The zero-order chi connectivity index (χ0) is 20.8. The van der Waals surface area contributed by atoms with Crippen molar-refractivity contribution >= 4 is 15.9 Å². The third-order valence-corrected chi connectivity index (χ3v) is 5.72. The highest BCUT2D eigenvalue weighted by Crippen LogP contribution is 2.14. The molecule has 0 aromatic heterocycles. The molecule has 0 saturated heterocycles. The molecule has 0 fully saturated rings. The highest BCUT2D eigenvalue weighted by molar-refractivity contribution is 7.89. The molecule has 0 bridgehead atoms. The van der Waals surface area contributed by atoms with Crippen LogP contribution in [0.4, 0.5) is 0 Å². The van der Waals surface area contributed by atoms with Gasteiger partial charge in [-0.1, -0.05) is 30.3 Å². The number of carbonyl (C=O) groups is 1. The number of nitrogens with zero attached hydrogens (tertiary/aromatic N) is 1. The largest absolute Gasteiger partial charge is 0.351 e. The van der Waals surface area contributed by atoms with Gasteiger partial charge < -0.3 is 10.2 Å². The molecule has 0 unspecified atom stereocenters. The van der Waals surface area contributed by atoms with E-state index in [0.717, 1.165) is 6.54 Å². The van der Waals surface area contributed by atoms with Gasteiger partial charge in [-0.2, -0.15) is 0 Å². The molecule has 0 spiro atoms. The summed E-state index contributed by atoms with van der Waals surface area (Å²) >= 11 is 0. The van der Waals surface area contributed by atoms with Crippen molar-refractivity contribution in [3.05, 3.63) is 65.7 Å². The first-order valence-corrected chi connectivity index (χ1v) is 10.7. The van der Waals surface area contributed by atoms with Crippen molar-refractivity contribution in [1.29, 1.82) is 0 Å². The maximum Gasteiger partial charge on any atom is 0.251 e. The molecule has 2 aromatic carbocycles. The Kier molecular flexibility index (Phi) is 7.35. The molecule has 1 amide bonds. The SMILES string of the molecule is CN(CCNC(=O)c1ccc(S(=O)(=O)NC(C)(C)C)cc1)Cc1ccccc1. The van der Waals surface area contributed by atoms with Gasteiger partial charge in [0.25, 0.3) is 5.91 Å². The first-order chi connectivity index (χ1) is 13.1. The van der Waals surface area contributed by atoms with Crippen LogP contribution in [0.2, 0.25) is 0 Å². The fraction of sp³-hybridized carbons (Fsp3) is 0.381. The van der Waals surface area contributed by atoms with Crippen molar-refractivity contribution in [1.82, 2.24) is 14.9 Å². The molecular weight excluding hydrogens is 374 g/mol. The third kappa shape index (κ3) is 7.07. The minimum absolute atomic E-state index is 0.140. The van der Waals surface area contributed by atoms with Crippen LogP contribution >= 0.6 is 0 Å². The van der Waals surface area contributed by atoms with E-state index in [0.29, 0.717) is 18.7 Å². The lowest BCUT2D eigenvalue weighted by atomic mass is 10.1. The van der Waals surface area contributed by atoms with E-state index in [4.69, 9.17) is 0 Å². The van der Waals surface area contributed by atoms with E-state index in [1.54, 1.807) is 20.8 Å². The van der Waals surface area contributed by atoms with Crippen LogP contribution in [0.5, 0.6) is 0 Å². The van der Waals surface area contributed by atoms with Gasteiger partial charge in [-0.3, -0.25) is 4.79 Å². The van der Waals surface area contributed by atoms with Crippen molar-refractivity contribution in [2.75, 3.05) is 20.1 Å². The lowest BCUT2D eigenvalue weighted by Crippen LogP contribution is -2.40. The highest BCUT2D eigenvalue weighted by Gasteiger charge is 2.22. The van der Waals surface area contributed by atoms with E-state index in [-0.39, 0.29) is 10.8 Å². The molecule has 0 radical (unpaired) electrons. The molecule has 0 saturated carbocycles. The fourth-order valence-electron chi connectivity index (χ4n) is 2.68. The Balaban J connectivity index is 1.86. The Morgan fingerprint density at radius 1 is 1.00 bits per heavy atom. The smallest absolute Gasteiger partial charge is 0.251 e. The Morgan fingerprint density at radius 3 is 2.18 bits per heavy atom. The number of hydrogen-bond acceptors (Lipinski definition) is 4. The number of sulfonamides is 1. The van der Waals surface area contributed by atoms with Crippen molar-refractivity contribution in [3.8, 4) is 0 Å². The van der Waals surface area contributed by atoms with Crippen molar-refractivity contribution < 1.29 is 13.2 Å². The number of carbonyl (C=O) groups excluding carboxylic acids is 1. The summed E-state index contributed by atoms with van der Waals surface area (Å²) < 4.78 is 27.2. The van der Waals surface area contributed by atoms with Gasteiger partial charge in [0, 0.05) is 30.7 Å². The lowest BCUT2D eigenvalue weighted by Gasteiger charge is -2.20. The molecule has 7 heteroatoms. The molecule has 0 aliphatic rings. The summed E-state index contributed by atoms with van der Waals surface area (Å²) in [6, 6.07) is 16.1. The zero-order valence-electron chi connectivity index (χ0n) is 16.9. The van der Waals surface area contributed by atoms with Gasteiger partial charge in [-0.05, 0) is 57.6 Å². The Hall–Kier alpha value is -2.22. The molecule has 0 aliphatic carbocycles. The standard InChI is InChI=1S/C21H29N3O3S/c1-21(2,3)23-28(26,27)19-12-10-18(11-13-19)20(25)22-14-15-24(4)16-17-8-6-5-7-9-17/h5-13,23H,14-16H2,1-4H3,(H,22,25). The van der Waals surface area contributed by atoms with Crippen molar-refractivity contribution in [2.45, 2.75) is 37.8 Å². The average molecular weight is 404 g/mol. The van der Waals surface area contributed by atoms with E-state index in [1.165, 1.54) is 29.8 Å². The summed E-state index contributed by atoms with van der Waals surface area (Å²) in [5, 5.41) is 2.87. The fourth-order valence-corrected chi connectivity index (χ4v) is 4.10. The Morgan fingerprint density at radius 2 is 1.61 bits per heavy atom. The molecule has 0 atom stereocenters. The first-order valence-electron chi connectivity index (χ1n) is 9.21. The van der Waals surface area contributed by atoms with E-state index < -0.39 is 15.6 Å². The van der Waals surface area contributed by atoms with Crippen LogP contribution in [0, 0.1) is 0 Å². The monoisotopic (exact) mass is 403 g/mol. The van der Waals surface area contributed by atoms with Crippen molar-refractivity contribution in [2.24, 2.45) is 0 Å². The van der Waals surface area contributed by atoms with Gasteiger partial charge in [0.15, 0.2) is 0 Å². The topological polar surface area (TPSA) is 78.5 Å². The van der Waals surface area contributed by atoms with Crippen molar-refractivity contribution in [3.63, 3.8) is 0 Å². The zero-order valence-corrected chi connectivity index (χ0v) is 17.7. The quantitative estimate of drug-likeness (QED) is 0.710. The molecule has 0 aliphatic heterocycles. The number of nitrogens with one attached hydrogen (secondary N) is 2. The highest BCUT2D eigenvalue weighted by atomic mass is 32.2. The number of benzene rings is 2. The maximum atomic E-state index is 12.3. The number of likely N-dealkylation sites (N-methyl/N-ethyl adjacent to an activating group) is 1. The summed E-state index contributed by atoms with van der Waals surface area (Å²) in [5.41, 5.74) is 1.08. The Bertz CT molecular complexity index is 873. The van der Waals surface area contributed by atoms with Crippen LogP contribution in [0.1, 0.15) is 36.7 Å². The molecule has 28 heavy (non-hydrogen) atoms. The molecule has 2 aromatic rings. The molecular formula is C21H29N3O3S. The van der Waals surface area contributed by atoms with E-state index >= 15 is 0 Å². The van der Waals surface area contributed by atoms with Gasteiger partial charge in [0.1, 0.15) is 0 Å². The maximum absolute atomic E-state index is 12.3. The van der Waals surface area contributed by atoms with Crippen LogP contribution in [0.25, 0.3) is 0 Å². The number of rotatable bonds is 8. The van der Waals surface area contributed by atoms with Crippen LogP contribution in [-0.4, -0.2) is 44.9 Å². The van der Waals surface area contributed by atoms with Crippen LogP contribution < -0.4 is 10.0 Å². The second kappa shape index (κ2) is 9.32. The predicted octanol–water partition coefficient (Wildman–Crippen LogP) is 2.63. The summed E-state index contributed by atoms with van der Waals surface area (Å²) in [4.78, 5) is 14.5. The van der Waals surface area contributed by atoms with Gasteiger partial charge >= 0.3 is 0 Å². The van der Waals surface area contributed by atoms with E-state index in [1.807, 2.05) is 25.2 Å². The van der Waals surface area contributed by atoms with Gasteiger partial charge in [0.2, 0.25) is 10.0 Å². The van der Waals surface area contributed by atoms with Crippen LogP contribution in [-0.2, 0) is 16.6 Å². The van der Waals surface area contributed by atoms with Gasteiger partial charge in [-0.25, -0.2) is 13.1 Å². The minimum Gasteiger partial charge on any atom is -0.351 e. The Labute approximate surface area is 168 Å². The summed E-state index contributed by atoms with van der Waals surface area (Å²) in [7, 11) is -1.61. The molecule has 2 N–H and O–H groups in total. The lowest BCUT2D eigenvalue weighted by molar-refractivity contribution is 0.0949. The van der Waals surface area contributed by atoms with E-state index in [2.05, 4.69) is 27.1 Å². The van der Waals surface area contributed by atoms with E-state index in [9.17, 15) is 13.2 Å². The average Bonchev–Trinajstić information content (AvgIpc) is 2.60.